The summed E-state index contributed by atoms with van der Waals surface area (Å²) < 4.78 is 0. The van der Waals surface area contributed by atoms with Gasteiger partial charge in [-0.1, -0.05) is 28.1 Å². The first-order valence-electron chi connectivity index (χ1n) is 5.80. The second-order valence-corrected chi connectivity index (χ2v) is 4.94. The molecule has 1 aliphatic rings. The molecule has 0 bridgehead atoms. The zero-order valence-corrected chi connectivity index (χ0v) is 11.7. The molecule has 0 radical (unpaired) electrons. The Morgan fingerprint density at radius 3 is 2.61 bits per heavy atom. The average Bonchev–Trinajstić information content (AvgIpc) is 2.38. The molecule has 0 aromatic heterocycles. The van der Waals surface area contributed by atoms with E-state index >= 15 is 0 Å². The van der Waals surface area contributed by atoms with Crippen molar-refractivity contribution in [1.82, 2.24) is 4.90 Å². The van der Waals surface area contributed by atoms with E-state index in [0.29, 0.717) is 12.0 Å². The third-order valence-electron chi connectivity index (χ3n) is 2.98. The molecule has 2 rings (SSSR count). The molecule has 0 fully saturated rings. The lowest BCUT2D eigenvalue weighted by molar-refractivity contribution is -0.115. The van der Waals surface area contributed by atoms with Crippen molar-refractivity contribution in [2.45, 2.75) is 24.7 Å². The Morgan fingerprint density at radius 1 is 1.39 bits per heavy atom. The molecule has 94 valence electrons. The number of carbonyl (C=O) groups is 2. The largest absolute Gasteiger partial charge is 0.312 e. The van der Waals surface area contributed by atoms with Crippen LogP contribution in [0.15, 0.2) is 36.5 Å². The van der Waals surface area contributed by atoms with E-state index in [-0.39, 0.29) is 17.7 Å². The highest BCUT2D eigenvalue weighted by Crippen LogP contribution is 2.17. The van der Waals surface area contributed by atoms with Crippen LogP contribution in [0.2, 0.25) is 0 Å². The first-order chi connectivity index (χ1) is 8.61. The molecule has 18 heavy (non-hydrogen) atoms. The second-order valence-electron chi connectivity index (χ2n) is 4.38. The minimum absolute atomic E-state index is 0.0626. The first-order valence-corrected chi connectivity index (χ1v) is 6.92. The molecule has 1 aromatic carbocycles. The highest BCUT2D eigenvalue weighted by Gasteiger charge is 2.24. The zero-order valence-electron chi connectivity index (χ0n) is 10.1. The van der Waals surface area contributed by atoms with Crippen molar-refractivity contribution in [3.05, 3.63) is 47.7 Å². The monoisotopic (exact) mass is 307 g/mol. The summed E-state index contributed by atoms with van der Waals surface area (Å²) in [4.78, 5) is 25.1. The molecular weight excluding hydrogens is 294 g/mol. The summed E-state index contributed by atoms with van der Waals surface area (Å²) in [6, 6.07) is 7.40. The number of alkyl halides is 1. The predicted octanol–water partition coefficient (Wildman–Crippen LogP) is 2.90. The standard InChI is InChI=1S/C14H14BrNO2/c1-10-8-13(17)6-7-16(10)14(18)12-4-2-11(9-15)3-5-12/h2-7,10H,8-9H2,1H3. The number of carbonyl (C=O) groups excluding carboxylic acids is 2. The molecule has 1 aromatic rings. The number of benzene rings is 1. The number of rotatable bonds is 2. The fourth-order valence-corrected chi connectivity index (χ4v) is 2.30. The number of hydrogen-bond acceptors (Lipinski definition) is 2. The lowest BCUT2D eigenvalue weighted by atomic mass is 10.0. The number of nitrogens with zero attached hydrogens (tertiary/aromatic N) is 1. The average molecular weight is 308 g/mol. The topological polar surface area (TPSA) is 37.4 Å². The van der Waals surface area contributed by atoms with Crippen LogP contribution in [-0.4, -0.2) is 22.6 Å². The second kappa shape index (κ2) is 5.48. The van der Waals surface area contributed by atoms with Crippen LogP contribution in [0.25, 0.3) is 0 Å². The van der Waals surface area contributed by atoms with Crippen molar-refractivity contribution in [1.29, 1.82) is 0 Å². The van der Waals surface area contributed by atoms with E-state index in [9.17, 15) is 9.59 Å². The SMILES string of the molecule is CC1CC(=O)C=CN1C(=O)c1ccc(CBr)cc1. The molecule has 3 nitrogen and oxygen atoms in total. The minimum Gasteiger partial charge on any atom is -0.312 e. The molecule has 0 saturated carbocycles. The molecule has 1 atom stereocenters. The summed E-state index contributed by atoms with van der Waals surface area (Å²) in [5, 5.41) is 0.774. The highest BCUT2D eigenvalue weighted by atomic mass is 79.9. The van der Waals surface area contributed by atoms with Gasteiger partial charge in [-0.2, -0.15) is 0 Å². The fourth-order valence-electron chi connectivity index (χ4n) is 1.92. The summed E-state index contributed by atoms with van der Waals surface area (Å²) >= 11 is 3.37. The van der Waals surface area contributed by atoms with Gasteiger partial charge in [0.1, 0.15) is 0 Å². The Bertz CT molecular complexity index is 493. The van der Waals surface area contributed by atoms with Gasteiger partial charge in [-0.15, -0.1) is 0 Å². The number of amides is 1. The number of halogens is 1. The molecule has 4 heteroatoms. The van der Waals surface area contributed by atoms with Crippen LogP contribution in [0.3, 0.4) is 0 Å². The first kappa shape index (κ1) is 13.0. The Kier molecular flexibility index (Phi) is 3.97. The van der Waals surface area contributed by atoms with Gasteiger partial charge in [-0.3, -0.25) is 9.59 Å². The molecule has 1 aliphatic heterocycles. The van der Waals surface area contributed by atoms with E-state index in [4.69, 9.17) is 0 Å². The third-order valence-corrected chi connectivity index (χ3v) is 3.63. The van der Waals surface area contributed by atoms with Crippen LogP contribution in [0.1, 0.15) is 29.3 Å². The number of allylic oxidation sites excluding steroid dienone is 1. The summed E-state index contributed by atoms with van der Waals surface area (Å²) in [6.45, 7) is 1.88. The van der Waals surface area contributed by atoms with Crippen molar-refractivity contribution >= 4 is 27.6 Å². The lowest BCUT2D eigenvalue weighted by Gasteiger charge is -2.28. The Hall–Kier alpha value is -1.42. The van der Waals surface area contributed by atoms with Gasteiger partial charge in [-0.25, -0.2) is 0 Å². The van der Waals surface area contributed by atoms with Crippen molar-refractivity contribution < 1.29 is 9.59 Å². The van der Waals surface area contributed by atoms with Crippen LogP contribution in [0, 0.1) is 0 Å². The molecule has 1 unspecified atom stereocenters. The van der Waals surface area contributed by atoms with Crippen molar-refractivity contribution in [2.75, 3.05) is 0 Å². The van der Waals surface area contributed by atoms with E-state index in [2.05, 4.69) is 15.9 Å². The highest BCUT2D eigenvalue weighted by molar-refractivity contribution is 9.08. The van der Waals surface area contributed by atoms with Gasteiger partial charge in [0.25, 0.3) is 5.91 Å². The molecule has 0 spiro atoms. The van der Waals surface area contributed by atoms with Gasteiger partial charge in [0, 0.05) is 29.6 Å². The Balaban J connectivity index is 2.20. The maximum Gasteiger partial charge on any atom is 0.258 e. The van der Waals surface area contributed by atoms with Gasteiger partial charge in [0.05, 0.1) is 0 Å². The van der Waals surface area contributed by atoms with Crippen LogP contribution in [-0.2, 0) is 10.1 Å². The maximum absolute atomic E-state index is 12.3. The zero-order chi connectivity index (χ0) is 13.1. The molecular formula is C14H14BrNO2. The maximum atomic E-state index is 12.3. The van der Waals surface area contributed by atoms with E-state index in [1.54, 1.807) is 11.1 Å². The smallest absolute Gasteiger partial charge is 0.258 e. The quantitative estimate of drug-likeness (QED) is 0.788. The molecule has 0 aliphatic carbocycles. The van der Waals surface area contributed by atoms with E-state index in [0.717, 1.165) is 10.9 Å². The van der Waals surface area contributed by atoms with Crippen molar-refractivity contribution in [3.8, 4) is 0 Å². The van der Waals surface area contributed by atoms with E-state index < -0.39 is 0 Å². The van der Waals surface area contributed by atoms with Gasteiger partial charge in [0.15, 0.2) is 5.78 Å². The van der Waals surface area contributed by atoms with Crippen molar-refractivity contribution in [2.24, 2.45) is 0 Å². The number of hydrogen-bond donors (Lipinski definition) is 0. The molecule has 0 saturated heterocycles. The molecule has 1 heterocycles. The van der Waals surface area contributed by atoms with Gasteiger partial charge in [0.2, 0.25) is 0 Å². The predicted molar refractivity (Wildman–Crippen MR) is 73.5 cm³/mol. The lowest BCUT2D eigenvalue weighted by Crippen LogP contribution is -2.38. The summed E-state index contributed by atoms with van der Waals surface area (Å²) in [5.74, 6) is 0.00793. The number of ketones is 1. The van der Waals surface area contributed by atoms with Gasteiger partial charge < -0.3 is 4.90 Å². The van der Waals surface area contributed by atoms with Crippen LogP contribution in [0.4, 0.5) is 0 Å². The summed E-state index contributed by atoms with van der Waals surface area (Å²) in [7, 11) is 0. The normalized spacial score (nSPS) is 19.1. The van der Waals surface area contributed by atoms with E-state index in [1.807, 2.05) is 31.2 Å². The van der Waals surface area contributed by atoms with Crippen LogP contribution < -0.4 is 0 Å². The van der Waals surface area contributed by atoms with Crippen LogP contribution >= 0.6 is 15.9 Å². The van der Waals surface area contributed by atoms with Gasteiger partial charge >= 0.3 is 0 Å². The third kappa shape index (κ3) is 2.70. The molecule has 0 N–H and O–H groups in total. The summed E-state index contributed by atoms with van der Waals surface area (Å²) in [6.07, 6.45) is 3.43. The Labute approximate surface area is 115 Å². The minimum atomic E-state index is -0.0779. The molecule has 1 amide bonds. The van der Waals surface area contributed by atoms with Crippen molar-refractivity contribution in [3.63, 3.8) is 0 Å². The van der Waals surface area contributed by atoms with Crippen LogP contribution in [0.5, 0.6) is 0 Å². The summed E-state index contributed by atoms with van der Waals surface area (Å²) in [5.41, 5.74) is 1.77. The fraction of sp³-hybridized carbons (Fsp3) is 0.286. The van der Waals surface area contributed by atoms with E-state index in [1.165, 1.54) is 6.08 Å². The Morgan fingerprint density at radius 2 is 2.06 bits per heavy atom. The van der Waals surface area contributed by atoms with Gasteiger partial charge in [-0.05, 0) is 30.7 Å².